The topological polar surface area (TPSA) is 53.5 Å². The number of halogens is 3. The number of alkyl halides is 1. The van der Waals surface area contributed by atoms with E-state index in [4.69, 9.17) is 23.2 Å². The molecular weight excluding hydrogens is 341 g/mol. The van der Waals surface area contributed by atoms with Crippen LogP contribution in [0.5, 0.6) is 0 Å². The fraction of sp³-hybridized carbons (Fsp3) is 0.273. The third kappa shape index (κ3) is 3.60. The fourth-order valence-corrected chi connectivity index (χ4v) is 2.78. The molecule has 0 aliphatic rings. The van der Waals surface area contributed by atoms with Crippen molar-refractivity contribution in [2.75, 3.05) is 14.1 Å². The van der Waals surface area contributed by atoms with Crippen LogP contribution in [0.2, 0.25) is 10.0 Å². The lowest BCUT2D eigenvalue weighted by molar-refractivity contribution is -0.119. The predicted molar refractivity (Wildman–Crippen MR) is 78.7 cm³/mol. The standard InChI is InChI=1S/C11H12BrCl2N3O/c1-15-11(16-2)17-10(18)9(12)8-6(13)4-3-5-7(8)14/h3-5,9H,1-2H3,(H2,15,16,17,18). The molecule has 0 saturated heterocycles. The van der Waals surface area contributed by atoms with Crippen molar-refractivity contribution >= 4 is 51.0 Å². The lowest BCUT2D eigenvalue weighted by atomic mass is 10.1. The maximum Gasteiger partial charge on any atom is 0.245 e. The van der Waals surface area contributed by atoms with Gasteiger partial charge in [0, 0.05) is 29.7 Å². The number of aliphatic imine (C=N–C) groups is 1. The molecular formula is C11H12BrCl2N3O. The molecule has 1 amide bonds. The van der Waals surface area contributed by atoms with E-state index < -0.39 is 4.83 Å². The third-order valence-corrected chi connectivity index (χ3v) is 3.72. The van der Waals surface area contributed by atoms with Crippen molar-refractivity contribution in [2.45, 2.75) is 4.83 Å². The summed E-state index contributed by atoms with van der Waals surface area (Å²) in [7, 11) is 3.23. The zero-order chi connectivity index (χ0) is 13.7. The molecule has 1 unspecified atom stereocenters. The fourth-order valence-electron chi connectivity index (χ4n) is 1.29. The van der Waals surface area contributed by atoms with Gasteiger partial charge in [-0.15, -0.1) is 0 Å². The molecule has 7 heteroatoms. The van der Waals surface area contributed by atoms with Crippen LogP contribution in [0.4, 0.5) is 0 Å². The molecule has 1 aromatic rings. The molecule has 0 fully saturated rings. The summed E-state index contributed by atoms with van der Waals surface area (Å²) in [6.45, 7) is 0. The number of amides is 1. The van der Waals surface area contributed by atoms with E-state index in [0.29, 0.717) is 21.6 Å². The van der Waals surface area contributed by atoms with Gasteiger partial charge in [-0.1, -0.05) is 45.2 Å². The highest BCUT2D eigenvalue weighted by Crippen LogP contribution is 2.35. The molecule has 0 spiro atoms. The van der Waals surface area contributed by atoms with E-state index >= 15 is 0 Å². The smallest absolute Gasteiger partial charge is 0.245 e. The average Bonchev–Trinajstić information content (AvgIpc) is 2.35. The van der Waals surface area contributed by atoms with E-state index in [2.05, 4.69) is 31.6 Å². The molecule has 1 rings (SSSR count). The molecule has 0 heterocycles. The molecule has 0 aromatic heterocycles. The summed E-state index contributed by atoms with van der Waals surface area (Å²) in [4.78, 5) is 15.2. The van der Waals surface area contributed by atoms with E-state index in [0.717, 1.165) is 0 Å². The monoisotopic (exact) mass is 351 g/mol. The van der Waals surface area contributed by atoms with Crippen molar-refractivity contribution in [1.82, 2.24) is 10.6 Å². The first-order valence-electron chi connectivity index (χ1n) is 5.04. The number of benzene rings is 1. The first-order valence-corrected chi connectivity index (χ1v) is 6.71. The summed E-state index contributed by atoms with van der Waals surface area (Å²) in [5.74, 6) is 0.0626. The molecule has 0 aliphatic heterocycles. The summed E-state index contributed by atoms with van der Waals surface area (Å²) < 4.78 is 0. The van der Waals surface area contributed by atoms with Crippen LogP contribution in [0, 0.1) is 0 Å². The van der Waals surface area contributed by atoms with Crippen molar-refractivity contribution in [3.8, 4) is 0 Å². The van der Waals surface area contributed by atoms with E-state index in [1.54, 1.807) is 32.3 Å². The maximum atomic E-state index is 12.0. The highest BCUT2D eigenvalue weighted by atomic mass is 79.9. The van der Waals surface area contributed by atoms with Gasteiger partial charge in [-0.2, -0.15) is 0 Å². The van der Waals surface area contributed by atoms with Gasteiger partial charge in [0.05, 0.1) is 0 Å². The largest absolute Gasteiger partial charge is 0.359 e. The van der Waals surface area contributed by atoms with Gasteiger partial charge in [0.15, 0.2) is 5.96 Å². The van der Waals surface area contributed by atoms with Gasteiger partial charge in [0.25, 0.3) is 0 Å². The molecule has 2 N–H and O–H groups in total. The highest BCUT2D eigenvalue weighted by Gasteiger charge is 2.23. The quantitative estimate of drug-likeness (QED) is 0.488. The van der Waals surface area contributed by atoms with Crippen molar-refractivity contribution < 1.29 is 4.79 Å². The van der Waals surface area contributed by atoms with Crippen molar-refractivity contribution in [3.63, 3.8) is 0 Å². The van der Waals surface area contributed by atoms with Crippen molar-refractivity contribution in [2.24, 2.45) is 4.99 Å². The molecule has 1 aromatic carbocycles. The minimum atomic E-state index is -0.649. The Kier molecular flexibility index (Phi) is 5.91. The van der Waals surface area contributed by atoms with E-state index in [-0.39, 0.29) is 5.91 Å². The number of hydrogen-bond acceptors (Lipinski definition) is 2. The van der Waals surface area contributed by atoms with Crippen LogP contribution in [-0.4, -0.2) is 26.0 Å². The van der Waals surface area contributed by atoms with Crippen molar-refractivity contribution in [1.29, 1.82) is 0 Å². The lowest BCUT2D eigenvalue weighted by Gasteiger charge is -2.14. The summed E-state index contributed by atoms with van der Waals surface area (Å²) in [5.41, 5.74) is 0.532. The van der Waals surface area contributed by atoms with Gasteiger partial charge >= 0.3 is 0 Å². The number of carbonyl (C=O) groups is 1. The SMILES string of the molecule is C/N=C(\NC)NC(=O)C(Br)c1c(Cl)cccc1Cl. The highest BCUT2D eigenvalue weighted by molar-refractivity contribution is 9.09. The minimum absolute atomic E-state index is 0.306. The van der Waals surface area contributed by atoms with E-state index in [1.807, 2.05) is 0 Å². The summed E-state index contributed by atoms with van der Waals surface area (Å²) in [5, 5.41) is 6.21. The first-order chi connectivity index (χ1) is 8.51. The van der Waals surface area contributed by atoms with Crippen LogP contribution in [0.1, 0.15) is 10.4 Å². The van der Waals surface area contributed by atoms with Gasteiger partial charge in [-0.3, -0.25) is 15.1 Å². The molecule has 0 bridgehead atoms. The molecule has 18 heavy (non-hydrogen) atoms. The first kappa shape index (κ1) is 15.3. The molecule has 98 valence electrons. The predicted octanol–water partition coefficient (Wildman–Crippen LogP) is 2.75. The Labute approximate surface area is 124 Å². The van der Waals surface area contributed by atoms with E-state index in [9.17, 15) is 4.79 Å². The number of guanidine groups is 1. The van der Waals surface area contributed by atoms with Crippen LogP contribution in [-0.2, 0) is 4.79 Å². The van der Waals surface area contributed by atoms with Gasteiger partial charge in [-0.05, 0) is 12.1 Å². The maximum absolute atomic E-state index is 12.0. The summed E-state index contributed by atoms with van der Waals surface area (Å²) >= 11 is 15.3. The number of nitrogens with zero attached hydrogens (tertiary/aromatic N) is 1. The molecule has 1 atom stereocenters. The Balaban J connectivity index is 2.94. The normalized spacial score (nSPS) is 13.1. The van der Waals surface area contributed by atoms with Crippen LogP contribution < -0.4 is 10.6 Å². The molecule has 0 radical (unpaired) electrons. The van der Waals surface area contributed by atoms with Crippen molar-refractivity contribution in [3.05, 3.63) is 33.8 Å². The number of hydrogen-bond donors (Lipinski definition) is 2. The minimum Gasteiger partial charge on any atom is -0.359 e. The Morgan fingerprint density at radius 3 is 2.39 bits per heavy atom. The van der Waals surface area contributed by atoms with Gasteiger partial charge in [-0.25, -0.2) is 0 Å². The Morgan fingerprint density at radius 1 is 1.39 bits per heavy atom. The van der Waals surface area contributed by atoms with Gasteiger partial charge in [0.1, 0.15) is 4.83 Å². The number of nitrogens with one attached hydrogen (secondary N) is 2. The summed E-state index contributed by atoms with van der Waals surface area (Å²) in [6.07, 6.45) is 0. The van der Waals surface area contributed by atoms with Gasteiger partial charge < -0.3 is 5.32 Å². The van der Waals surface area contributed by atoms with Crippen LogP contribution in [0.3, 0.4) is 0 Å². The molecule has 0 saturated carbocycles. The Bertz CT molecular complexity index is 459. The Hall–Kier alpha value is -0.780. The molecule has 4 nitrogen and oxygen atoms in total. The summed E-state index contributed by atoms with van der Waals surface area (Å²) in [6, 6.07) is 5.08. The third-order valence-electron chi connectivity index (χ3n) is 2.19. The van der Waals surface area contributed by atoms with Crippen LogP contribution in [0.25, 0.3) is 0 Å². The second-order valence-corrected chi connectivity index (χ2v) is 5.04. The zero-order valence-corrected chi connectivity index (χ0v) is 12.9. The zero-order valence-electron chi connectivity index (χ0n) is 9.80. The van der Waals surface area contributed by atoms with Gasteiger partial charge in [0.2, 0.25) is 5.91 Å². The second kappa shape index (κ2) is 6.97. The molecule has 0 aliphatic carbocycles. The lowest BCUT2D eigenvalue weighted by Crippen LogP contribution is -2.40. The number of carbonyl (C=O) groups excluding carboxylic acids is 1. The number of rotatable bonds is 2. The Morgan fingerprint density at radius 2 is 1.94 bits per heavy atom. The van der Waals surface area contributed by atoms with E-state index in [1.165, 1.54) is 0 Å². The second-order valence-electron chi connectivity index (χ2n) is 3.31. The average molecular weight is 353 g/mol. The van der Waals surface area contributed by atoms with Crippen LogP contribution in [0.15, 0.2) is 23.2 Å². The van der Waals surface area contributed by atoms with Crippen LogP contribution >= 0.6 is 39.1 Å².